The van der Waals surface area contributed by atoms with E-state index in [4.69, 9.17) is 4.74 Å². The van der Waals surface area contributed by atoms with Gasteiger partial charge in [0.25, 0.3) is 0 Å². The van der Waals surface area contributed by atoms with Crippen LogP contribution in [0.25, 0.3) is 0 Å². The lowest BCUT2D eigenvalue weighted by Crippen LogP contribution is -2.45. The van der Waals surface area contributed by atoms with E-state index in [1.54, 1.807) is 0 Å². The fourth-order valence-corrected chi connectivity index (χ4v) is 10.5. The zero-order chi connectivity index (χ0) is 50.7. The fourth-order valence-electron chi connectivity index (χ4n) is 10.5. The van der Waals surface area contributed by atoms with Gasteiger partial charge in [-0.15, -0.1) is 0 Å². The molecule has 6 heteroatoms. The number of carbonyl (C=O) groups is 2. The average molecular weight is 991 g/mol. The smallest absolute Gasteiger partial charge is 0.305 e. The molecule has 0 aliphatic heterocycles. The first-order valence-corrected chi connectivity index (χ1v) is 32.3. The van der Waals surface area contributed by atoms with E-state index >= 15 is 0 Å². The molecule has 3 N–H and O–H groups in total. The molecule has 0 aliphatic carbocycles. The SMILES string of the molecule is CCCCCCCCCCCCCCCCCCCCC(=O)OCCCCCCCCCCCCCCCCCCCCCCCCCCCC(=O)NC(CO)C(O)CCCCCCCCCCCC. The highest BCUT2D eigenvalue weighted by atomic mass is 16.5. The summed E-state index contributed by atoms with van der Waals surface area (Å²) in [7, 11) is 0. The Balaban J connectivity index is 3.30. The predicted octanol–water partition coefficient (Wildman–Crippen LogP) is 20.3. The minimum absolute atomic E-state index is 0.0217. The van der Waals surface area contributed by atoms with Gasteiger partial charge in [-0.05, 0) is 25.7 Å². The summed E-state index contributed by atoms with van der Waals surface area (Å²) in [6, 6.07) is -0.537. The Morgan fingerprint density at radius 1 is 0.343 bits per heavy atom. The molecule has 70 heavy (non-hydrogen) atoms. The second kappa shape index (κ2) is 60.4. The van der Waals surface area contributed by atoms with Gasteiger partial charge in [0.1, 0.15) is 0 Å². The third-order valence-corrected chi connectivity index (χ3v) is 15.4. The van der Waals surface area contributed by atoms with Crippen LogP contribution in [0.1, 0.15) is 373 Å². The van der Waals surface area contributed by atoms with Crippen molar-refractivity contribution in [3.63, 3.8) is 0 Å². The number of unbranched alkanes of at least 4 members (excludes halogenated alkanes) is 50. The molecular formula is C64H127NO5. The molecule has 0 radical (unpaired) electrons. The number of aliphatic hydroxyl groups is 2. The molecule has 0 saturated carbocycles. The minimum Gasteiger partial charge on any atom is -0.466 e. The van der Waals surface area contributed by atoms with Crippen molar-refractivity contribution in [2.45, 2.75) is 386 Å². The second-order valence-electron chi connectivity index (χ2n) is 22.5. The molecule has 2 unspecified atom stereocenters. The number of hydrogen-bond acceptors (Lipinski definition) is 5. The molecule has 0 bridgehead atoms. The van der Waals surface area contributed by atoms with Gasteiger partial charge in [0.05, 0.1) is 25.4 Å². The maximum Gasteiger partial charge on any atom is 0.305 e. The zero-order valence-corrected chi connectivity index (χ0v) is 47.8. The lowest BCUT2D eigenvalue weighted by Gasteiger charge is -2.22. The normalized spacial score (nSPS) is 12.5. The molecular weight excluding hydrogens is 863 g/mol. The third-order valence-electron chi connectivity index (χ3n) is 15.4. The zero-order valence-electron chi connectivity index (χ0n) is 47.8. The first-order chi connectivity index (χ1) is 34.5. The Bertz CT molecular complexity index is 1010. The van der Waals surface area contributed by atoms with Gasteiger partial charge in [0, 0.05) is 12.8 Å². The van der Waals surface area contributed by atoms with E-state index in [0.29, 0.717) is 25.9 Å². The van der Waals surface area contributed by atoms with Gasteiger partial charge in [-0.3, -0.25) is 9.59 Å². The number of esters is 1. The maximum atomic E-state index is 12.4. The van der Waals surface area contributed by atoms with E-state index in [1.165, 1.54) is 302 Å². The van der Waals surface area contributed by atoms with Crippen LogP contribution in [0, 0.1) is 0 Å². The highest BCUT2D eigenvalue weighted by Crippen LogP contribution is 2.19. The molecule has 6 nitrogen and oxygen atoms in total. The predicted molar refractivity (Wildman–Crippen MR) is 306 cm³/mol. The lowest BCUT2D eigenvalue weighted by molar-refractivity contribution is -0.143. The van der Waals surface area contributed by atoms with Crippen molar-refractivity contribution < 1.29 is 24.5 Å². The lowest BCUT2D eigenvalue weighted by atomic mass is 10.0. The molecule has 2 atom stereocenters. The van der Waals surface area contributed by atoms with E-state index in [0.717, 1.165) is 38.5 Å². The van der Waals surface area contributed by atoms with Gasteiger partial charge in [-0.25, -0.2) is 0 Å². The monoisotopic (exact) mass is 990 g/mol. The van der Waals surface area contributed by atoms with Crippen molar-refractivity contribution >= 4 is 11.9 Å². The Morgan fingerprint density at radius 3 is 0.871 bits per heavy atom. The van der Waals surface area contributed by atoms with E-state index in [2.05, 4.69) is 19.2 Å². The van der Waals surface area contributed by atoms with Crippen molar-refractivity contribution in [3.8, 4) is 0 Å². The van der Waals surface area contributed by atoms with Gasteiger partial charge in [-0.1, -0.05) is 335 Å². The van der Waals surface area contributed by atoms with Crippen molar-refractivity contribution in [2.75, 3.05) is 13.2 Å². The second-order valence-corrected chi connectivity index (χ2v) is 22.5. The van der Waals surface area contributed by atoms with Gasteiger partial charge >= 0.3 is 5.97 Å². The van der Waals surface area contributed by atoms with Crippen molar-refractivity contribution in [1.29, 1.82) is 0 Å². The molecule has 0 rings (SSSR count). The molecule has 0 fully saturated rings. The van der Waals surface area contributed by atoms with Gasteiger partial charge < -0.3 is 20.3 Å². The number of aliphatic hydroxyl groups excluding tert-OH is 2. The summed E-state index contributed by atoms with van der Waals surface area (Å²) < 4.78 is 5.51. The molecule has 0 heterocycles. The Hall–Kier alpha value is -1.14. The van der Waals surface area contributed by atoms with E-state index < -0.39 is 12.1 Å². The van der Waals surface area contributed by atoms with Crippen LogP contribution in [0.15, 0.2) is 0 Å². The number of rotatable bonds is 61. The standard InChI is InChI=1S/C64H127NO5/c1-3-5-7-9-11-13-15-16-17-18-29-32-35-38-42-46-50-54-58-64(69)70-59-55-51-47-43-39-36-33-30-27-25-23-21-19-20-22-24-26-28-31-34-37-41-45-49-53-57-63(68)65-61(60-66)62(67)56-52-48-44-40-14-12-10-8-6-4-2/h61-62,66-67H,3-60H2,1-2H3,(H,65,68). The van der Waals surface area contributed by atoms with Gasteiger partial charge in [-0.2, -0.15) is 0 Å². The summed E-state index contributed by atoms with van der Waals surface area (Å²) in [5, 5.41) is 23.2. The summed E-state index contributed by atoms with van der Waals surface area (Å²) in [6.07, 6.45) is 71.4. The molecule has 0 spiro atoms. The van der Waals surface area contributed by atoms with Crippen molar-refractivity contribution in [3.05, 3.63) is 0 Å². The summed E-state index contributed by atoms with van der Waals surface area (Å²) >= 11 is 0. The fraction of sp³-hybridized carbons (Fsp3) is 0.969. The molecule has 0 aromatic carbocycles. The number of amides is 1. The van der Waals surface area contributed by atoms with Crippen LogP contribution in [0.2, 0.25) is 0 Å². The van der Waals surface area contributed by atoms with Crippen LogP contribution in [-0.2, 0) is 14.3 Å². The first-order valence-electron chi connectivity index (χ1n) is 32.3. The van der Waals surface area contributed by atoms with Crippen molar-refractivity contribution in [2.24, 2.45) is 0 Å². The Morgan fingerprint density at radius 2 is 0.586 bits per heavy atom. The highest BCUT2D eigenvalue weighted by molar-refractivity contribution is 5.76. The van der Waals surface area contributed by atoms with E-state index in [9.17, 15) is 19.8 Å². The van der Waals surface area contributed by atoms with Gasteiger partial charge in [0.15, 0.2) is 0 Å². The minimum atomic E-state index is -0.660. The largest absolute Gasteiger partial charge is 0.466 e. The van der Waals surface area contributed by atoms with E-state index in [-0.39, 0.29) is 18.5 Å². The van der Waals surface area contributed by atoms with Crippen LogP contribution in [0.5, 0.6) is 0 Å². The molecule has 1 amide bonds. The summed E-state index contributed by atoms with van der Waals surface area (Å²) in [5.74, 6) is -0.0110. The van der Waals surface area contributed by atoms with Crippen LogP contribution < -0.4 is 5.32 Å². The van der Waals surface area contributed by atoms with E-state index in [1.807, 2.05) is 0 Å². The topological polar surface area (TPSA) is 95.9 Å². The molecule has 418 valence electrons. The maximum absolute atomic E-state index is 12.4. The number of nitrogens with one attached hydrogen (secondary N) is 1. The molecule has 0 saturated heterocycles. The number of carbonyl (C=O) groups excluding carboxylic acids is 2. The third kappa shape index (κ3) is 56.2. The first kappa shape index (κ1) is 68.9. The molecule has 0 aliphatic rings. The van der Waals surface area contributed by atoms with Crippen molar-refractivity contribution in [1.82, 2.24) is 5.32 Å². The summed E-state index contributed by atoms with van der Waals surface area (Å²) in [6.45, 7) is 4.98. The summed E-state index contributed by atoms with van der Waals surface area (Å²) in [5.41, 5.74) is 0. The molecule has 0 aromatic rings. The highest BCUT2D eigenvalue weighted by Gasteiger charge is 2.20. The van der Waals surface area contributed by atoms with Gasteiger partial charge in [0.2, 0.25) is 5.91 Å². The quantitative estimate of drug-likeness (QED) is 0.0417. The number of hydrogen-bond donors (Lipinski definition) is 3. The summed E-state index contributed by atoms with van der Waals surface area (Å²) in [4.78, 5) is 24.5. The Labute approximate surface area is 438 Å². The number of ether oxygens (including phenoxy) is 1. The van der Waals surface area contributed by atoms with Crippen LogP contribution in [-0.4, -0.2) is 47.4 Å². The Kier molecular flexibility index (Phi) is 59.4. The van der Waals surface area contributed by atoms with Crippen LogP contribution >= 0.6 is 0 Å². The van der Waals surface area contributed by atoms with Crippen LogP contribution in [0.4, 0.5) is 0 Å². The molecule has 0 aromatic heterocycles. The van der Waals surface area contributed by atoms with Crippen LogP contribution in [0.3, 0.4) is 0 Å². The average Bonchev–Trinajstić information content (AvgIpc) is 3.36.